The van der Waals surface area contributed by atoms with Gasteiger partial charge in [-0.25, -0.2) is 23.8 Å². The third-order valence-corrected chi connectivity index (χ3v) is 12.0. The molecule has 1 unspecified atom stereocenters. The molecule has 6 rings (SSSR count). The summed E-state index contributed by atoms with van der Waals surface area (Å²) >= 11 is 20.0. The van der Waals surface area contributed by atoms with Crippen LogP contribution in [0.25, 0.3) is 6.08 Å². The van der Waals surface area contributed by atoms with Gasteiger partial charge >= 0.3 is 22.8 Å². The predicted molar refractivity (Wildman–Crippen MR) is 246 cm³/mol. The van der Waals surface area contributed by atoms with Crippen LogP contribution in [-0.4, -0.2) is 98.1 Å². The molecule has 1 aliphatic carbocycles. The minimum Gasteiger partial charge on any atom is -0.778 e. The second kappa shape index (κ2) is 25.8. The molecule has 0 radical (unpaired) electrons. The molecule has 1 aromatic heterocycles. The molecule has 0 saturated carbocycles. The number of rotatable bonds is 12. The highest BCUT2D eigenvalue weighted by molar-refractivity contribution is 8.00. The number of benzene rings is 2. The van der Waals surface area contributed by atoms with Crippen LogP contribution in [0.2, 0.25) is 10.0 Å². The molecular formula is C39H46Cl3FN5O12PS3. The number of hydrogen-bond acceptors (Lipinski definition) is 13. The Morgan fingerprint density at radius 3 is 2.12 bits per heavy atom. The number of hydrogen-bond donors (Lipinski definition) is 4. The van der Waals surface area contributed by atoms with E-state index in [1.54, 1.807) is 34.5 Å². The number of aromatic nitrogens is 2. The second-order valence-electron chi connectivity index (χ2n) is 14.0. The molecule has 4 N–H and O–H groups in total. The maximum absolute atomic E-state index is 14.2. The number of fused-ring (bicyclic) bond motifs is 1. The molecule has 2 aromatic carbocycles. The van der Waals surface area contributed by atoms with Crippen molar-refractivity contribution in [2.24, 2.45) is 4.99 Å². The Balaban J connectivity index is 0.000000265. The number of anilines is 1. The van der Waals surface area contributed by atoms with E-state index in [-0.39, 0.29) is 44.8 Å². The van der Waals surface area contributed by atoms with Crippen LogP contribution in [0.15, 0.2) is 61.2 Å². The number of nitrogens with one attached hydrogen (secondary N) is 1. The second-order valence-corrected chi connectivity index (χ2v) is 21.2. The molecule has 2 amide bonds. The van der Waals surface area contributed by atoms with Crippen LogP contribution in [0.3, 0.4) is 0 Å². The maximum atomic E-state index is 14.2. The van der Waals surface area contributed by atoms with E-state index in [0.29, 0.717) is 73.9 Å². The molecule has 0 fully saturated rings. The minimum absolute atomic E-state index is 0.0370. The molecule has 3 heterocycles. The lowest BCUT2D eigenvalue weighted by Gasteiger charge is -2.16. The predicted octanol–water partition coefficient (Wildman–Crippen LogP) is 5.59. The van der Waals surface area contributed by atoms with Gasteiger partial charge in [0.1, 0.15) is 24.1 Å². The van der Waals surface area contributed by atoms with Crippen LogP contribution in [0.4, 0.5) is 15.8 Å². The first-order chi connectivity index (χ1) is 30.0. The topological polar surface area (TPSA) is 250 Å². The maximum Gasteiger partial charge on any atom is 0.349 e. The number of imide groups is 1. The lowest BCUT2D eigenvalue weighted by atomic mass is 9.93. The van der Waals surface area contributed by atoms with Crippen molar-refractivity contribution in [2.75, 3.05) is 48.9 Å². The third-order valence-electron chi connectivity index (χ3n) is 8.43. The fourth-order valence-electron chi connectivity index (χ4n) is 5.83. The molecule has 3 aliphatic rings. The lowest BCUT2D eigenvalue weighted by Crippen LogP contribution is -2.31. The summed E-state index contributed by atoms with van der Waals surface area (Å²) < 4.78 is 32.3. The average Bonchev–Trinajstić information content (AvgIpc) is 3.66. The molecule has 0 bridgehead atoms. The van der Waals surface area contributed by atoms with Gasteiger partial charge in [-0.05, 0) is 110 Å². The van der Waals surface area contributed by atoms with Gasteiger partial charge in [0, 0.05) is 34.2 Å². The zero-order valence-corrected chi connectivity index (χ0v) is 40.5. The first kappa shape index (κ1) is 54.6. The van der Waals surface area contributed by atoms with Gasteiger partial charge in [-0.15, -0.1) is 11.8 Å². The Morgan fingerprint density at radius 1 is 0.984 bits per heavy atom. The number of halogens is 4. The highest BCUT2D eigenvalue weighted by Crippen LogP contribution is 2.37. The van der Waals surface area contributed by atoms with E-state index in [2.05, 4.69) is 23.8 Å². The van der Waals surface area contributed by atoms with Crippen molar-refractivity contribution in [3.8, 4) is 0 Å². The highest BCUT2D eigenvalue weighted by atomic mass is 35.5. The Morgan fingerprint density at radius 2 is 1.58 bits per heavy atom. The van der Waals surface area contributed by atoms with Gasteiger partial charge in [0.25, 0.3) is 11.8 Å². The van der Waals surface area contributed by atoms with Crippen LogP contribution in [-0.2, 0) is 57.3 Å². The SMILES string of the molecule is CCOC(=O)/C(Cl)=C/c1cc(N2C(=O)C3=C(CCCC3)C2=O)ccc1Cl.C[S+](C)C.O=C(O)CNCP(=O)([O-])O.O=C(O)CSc1cc(N=c2sc(=O)n3n2CCCC3)c(F)cc1Cl. The van der Waals surface area contributed by atoms with E-state index >= 15 is 0 Å². The minimum atomic E-state index is -4.35. The van der Waals surface area contributed by atoms with Crippen molar-refractivity contribution in [3.63, 3.8) is 0 Å². The number of aliphatic carboxylic acids is 2. The van der Waals surface area contributed by atoms with Crippen LogP contribution < -0.4 is 24.8 Å². The summed E-state index contributed by atoms with van der Waals surface area (Å²) in [5.74, 6) is -4.19. The number of thioether (sulfide) groups is 1. The van der Waals surface area contributed by atoms with Crippen LogP contribution >= 0.6 is 65.5 Å². The largest absolute Gasteiger partial charge is 0.778 e. The van der Waals surface area contributed by atoms with Crippen LogP contribution in [0.1, 0.15) is 51.0 Å². The molecule has 64 heavy (non-hydrogen) atoms. The van der Waals surface area contributed by atoms with E-state index in [1.165, 1.54) is 17.0 Å². The zero-order chi connectivity index (χ0) is 47.9. The first-order valence-corrected chi connectivity index (χ1v) is 26.3. The summed E-state index contributed by atoms with van der Waals surface area (Å²) in [5.41, 5.74) is 2.08. The first-order valence-electron chi connectivity index (χ1n) is 19.1. The molecule has 0 spiro atoms. The van der Waals surface area contributed by atoms with Crippen molar-refractivity contribution < 1.29 is 57.7 Å². The number of carboxylic acid groups (broad SMARTS) is 2. The molecule has 17 nitrogen and oxygen atoms in total. The number of carbonyl (C=O) groups excluding carboxylic acids is 3. The molecule has 0 saturated heterocycles. The molecule has 2 aliphatic heterocycles. The number of nitrogens with zero attached hydrogens (tertiary/aromatic N) is 4. The average molecular weight is 1030 g/mol. The lowest BCUT2D eigenvalue weighted by molar-refractivity contribution is -0.193. The van der Waals surface area contributed by atoms with E-state index in [1.807, 2.05) is 5.32 Å². The van der Waals surface area contributed by atoms with Gasteiger partial charge in [0.15, 0.2) is 0 Å². The number of esters is 1. The molecule has 25 heteroatoms. The van der Waals surface area contributed by atoms with Crippen molar-refractivity contribution in [2.45, 2.75) is 63.4 Å². The van der Waals surface area contributed by atoms with Gasteiger partial charge in [-0.2, -0.15) is 0 Å². The fourth-order valence-corrected chi connectivity index (χ4v) is 8.44. The number of ether oxygens (including phenoxy) is 1. The van der Waals surface area contributed by atoms with Gasteiger partial charge in [-0.1, -0.05) is 34.8 Å². The van der Waals surface area contributed by atoms with Gasteiger partial charge in [0.2, 0.25) is 4.80 Å². The number of carbonyl (C=O) groups is 5. The van der Waals surface area contributed by atoms with Crippen LogP contribution in [0.5, 0.6) is 0 Å². The third kappa shape index (κ3) is 16.9. The summed E-state index contributed by atoms with van der Waals surface area (Å²) in [6, 6.07) is 7.26. The summed E-state index contributed by atoms with van der Waals surface area (Å²) in [4.78, 5) is 93.6. The molecule has 350 valence electrons. The quantitative estimate of drug-likeness (QED) is 0.0431. The van der Waals surface area contributed by atoms with Crippen molar-refractivity contribution in [1.82, 2.24) is 14.7 Å². The number of amides is 2. The normalized spacial score (nSPS) is 15.8. The van der Waals surface area contributed by atoms with Gasteiger partial charge < -0.3 is 29.3 Å². The zero-order valence-electron chi connectivity index (χ0n) is 34.9. The summed E-state index contributed by atoms with van der Waals surface area (Å²) in [6.45, 7) is 2.69. The Hall–Kier alpha value is -3.76. The van der Waals surface area contributed by atoms with E-state index in [9.17, 15) is 42.6 Å². The summed E-state index contributed by atoms with van der Waals surface area (Å²) in [6.07, 6.45) is 12.2. The molecule has 3 aromatic rings. The van der Waals surface area contributed by atoms with Crippen LogP contribution in [0, 0.1) is 5.82 Å². The van der Waals surface area contributed by atoms with Gasteiger partial charge in [0.05, 0.1) is 54.7 Å². The monoisotopic (exact) mass is 1030 g/mol. The van der Waals surface area contributed by atoms with E-state index in [4.69, 9.17) is 54.6 Å². The Kier molecular flexibility index (Phi) is 22.0. The van der Waals surface area contributed by atoms with E-state index in [0.717, 1.165) is 54.8 Å². The molecule has 1 atom stereocenters. The standard InChI is InChI=1S/C19H17Cl2NO4.C14H13ClFN3O3S2.C3H8NO5P.C3H9S/c1-2-26-19(25)16(21)10-11-9-12(7-8-15(11)20)22-17(23)13-5-3-4-6-14(13)18(22)24;15-8-5-9(16)10(6-11(8)23-7-12(20)21)17-13-18-3-1-2-4-19(18)14(22)24-13;5-3(6)1-4-2-10(7,8)9;1-4(2)3/h7-10H,2-6H2,1H3;5-6H,1-4,7H2,(H,20,21);4H,1-2H2,(H,5,6)(H2,7,8,9);1-3H3/q;;;+1/p-1/b16-10-;;;. The summed E-state index contributed by atoms with van der Waals surface area (Å²) in [5, 5.41) is 19.1. The van der Waals surface area contributed by atoms with E-state index < -0.39 is 44.2 Å². The fraction of sp³-hybridized carbons (Fsp3) is 0.410. The van der Waals surface area contributed by atoms with Crippen molar-refractivity contribution >= 4 is 124 Å². The number of carboxylic acids is 2. The van der Waals surface area contributed by atoms with Gasteiger partial charge in [-0.3, -0.25) is 34.0 Å². The highest BCUT2D eigenvalue weighted by Gasteiger charge is 2.39. The molecular weight excluding hydrogens is 983 g/mol. The Labute approximate surface area is 393 Å². The van der Waals surface area contributed by atoms with Crippen molar-refractivity contribution in [1.29, 1.82) is 0 Å². The summed E-state index contributed by atoms with van der Waals surface area (Å²) in [7, 11) is -3.71. The smallest absolute Gasteiger partial charge is 0.349 e. The van der Waals surface area contributed by atoms with Crippen molar-refractivity contribution in [3.05, 3.63) is 82.4 Å². The Bertz CT molecular complexity index is 2440.